The van der Waals surface area contributed by atoms with E-state index in [1.807, 2.05) is 24.3 Å². The van der Waals surface area contributed by atoms with Gasteiger partial charge in [0.2, 0.25) is 5.13 Å². The van der Waals surface area contributed by atoms with Crippen LogP contribution >= 0.6 is 11.3 Å². The molecule has 2 heterocycles. The van der Waals surface area contributed by atoms with Crippen molar-refractivity contribution in [1.82, 2.24) is 10.2 Å². The minimum atomic E-state index is -0.486. The van der Waals surface area contributed by atoms with Gasteiger partial charge in [0.15, 0.2) is 6.10 Å². The van der Waals surface area contributed by atoms with Crippen molar-refractivity contribution < 1.29 is 9.53 Å². The first-order valence-electron chi connectivity index (χ1n) is 6.99. The summed E-state index contributed by atoms with van der Waals surface area (Å²) in [5.74, 6) is 1.14. The molecule has 21 heavy (non-hydrogen) atoms. The van der Waals surface area contributed by atoms with Gasteiger partial charge in [-0.3, -0.25) is 10.1 Å². The van der Waals surface area contributed by atoms with Gasteiger partial charge < -0.3 is 4.74 Å². The van der Waals surface area contributed by atoms with Crippen LogP contribution in [0.2, 0.25) is 0 Å². The fraction of sp³-hybridized carbons (Fsp3) is 0.400. The van der Waals surface area contributed by atoms with E-state index in [0.29, 0.717) is 17.5 Å². The molecule has 6 heteroatoms. The second kappa shape index (κ2) is 5.81. The zero-order chi connectivity index (χ0) is 14.8. The Morgan fingerprint density at radius 3 is 3.00 bits per heavy atom. The molecule has 1 aromatic carbocycles. The van der Waals surface area contributed by atoms with Crippen molar-refractivity contribution in [3.05, 3.63) is 34.8 Å². The summed E-state index contributed by atoms with van der Waals surface area (Å²) in [5.41, 5.74) is 1.07. The Morgan fingerprint density at radius 2 is 2.24 bits per heavy atom. The first-order valence-corrected chi connectivity index (χ1v) is 7.81. The number of hydrogen-bond acceptors (Lipinski definition) is 5. The van der Waals surface area contributed by atoms with E-state index >= 15 is 0 Å². The van der Waals surface area contributed by atoms with Crippen LogP contribution in [0.3, 0.4) is 0 Å². The van der Waals surface area contributed by atoms with Crippen LogP contribution in [0.5, 0.6) is 5.75 Å². The van der Waals surface area contributed by atoms with Crippen molar-refractivity contribution in [1.29, 1.82) is 0 Å². The lowest BCUT2D eigenvalue weighted by Gasteiger charge is -2.08. The molecule has 1 aliphatic heterocycles. The highest BCUT2D eigenvalue weighted by Crippen LogP contribution is 2.29. The number of para-hydroxylation sites is 1. The van der Waals surface area contributed by atoms with Crippen molar-refractivity contribution in [2.75, 3.05) is 5.32 Å². The van der Waals surface area contributed by atoms with Gasteiger partial charge in [-0.1, -0.05) is 43.4 Å². The number of nitrogens with zero attached hydrogens (tertiary/aromatic N) is 2. The van der Waals surface area contributed by atoms with Gasteiger partial charge in [0.05, 0.1) is 0 Å². The fourth-order valence-corrected chi connectivity index (χ4v) is 3.20. The van der Waals surface area contributed by atoms with E-state index in [9.17, 15) is 4.79 Å². The predicted molar refractivity (Wildman–Crippen MR) is 81.6 cm³/mol. The number of anilines is 1. The fourth-order valence-electron chi connectivity index (χ4n) is 2.25. The Bertz CT molecular complexity index is 629. The van der Waals surface area contributed by atoms with Crippen molar-refractivity contribution in [3.63, 3.8) is 0 Å². The monoisotopic (exact) mass is 303 g/mol. The van der Waals surface area contributed by atoms with Crippen LogP contribution in [-0.4, -0.2) is 22.2 Å². The zero-order valence-corrected chi connectivity index (χ0v) is 12.8. The summed E-state index contributed by atoms with van der Waals surface area (Å²) in [7, 11) is 0. The highest BCUT2D eigenvalue weighted by atomic mass is 32.1. The summed E-state index contributed by atoms with van der Waals surface area (Å²) in [6, 6.07) is 7.72. The molecule has 2 aromatic rings. The number of ether oxygens (including phenoxy) is 1. The van der Waals surface area contributed by atoms with Crippen LogP contribution in [0, 0.1) is 5.92 Å². The first kappa shape index (κ1) is 14.0. The Morgan fingerprint density at radius 1 is 1.43 bits per heavy atom. The highest BCUT2D eigenvalue weighted by molar-refractivity contribution is 7.15. The summed E-state index contributed by atoms with van der Waals surface area (Å²) < 4.78 is 5.66. The average molecular weight is 303 g/mol. The number of carbonyl (C=O) groups is 1. The number of rotatable bonds is 4. The van der Waals surface area contributed by atoms with E-state index in [2.05, 4.69) is 29.4 Å². The SMILES string of the molecule is CC(C)Cc1nnc(NC(=O)[C@H]2Cc3ccccc3O2)s1. The topological polar surface area (TPSA) is 64.1 Å². The molecule has 1 aliphatic rings. The molecule has 0 bridgehead atoms. The van der Waals surface area contributed by atoms with E-state index in [1.165, 1.54) is 11.3 Å². The Balaban J connectivity index is 1.61. The second-order valence-corrected chi connectivity index (χ2v) is 6.57. The lowest BCUT2D eigenvalue weighted by atomic mass is 10.1. The molecular weight excluding hydrogens is 286 g/mol. The predicted octanol–water partition coefficient (Wildman–Crippen LogP) is 2.68. The first-order chi connectivity index (χ1) is 10.1. The summed E-state index contributed by atoms with van der Waals surface area (Å²) in [4.78, 5) is 12.2. The molecule has 1 amide bonds. The molecule has 1 aromatic heterocycles. The van der Waals surface area contributed by atoms with Crippen LogP contribution in [0.4, 0.5) is 5.13 Å². The number of hydrogen-bond donors (Lipinski definition) is 1. The number of carbonyl (C=O) groups excluding carboxylic acids is 1. The second-order valence-electron chi connectivity index (χ2n) is 5.51. The molecule has 1 N–H and O–H groups in total. The number of nitrogens with one attached hydrogen (secondary N) is 1. The lowest BCUT2D eigenvalue weighted by molar-refractivity contribution is -0.122. The van der Waals surface area contributed by atoms with Crippen LogP contribution < -0.4 is 10.1 Å². The zero-order valence-electron chi connectivity index (χ0n) is 12.0. The molecule has 5 nitrogen and oxygen atoms in total. The van der Waals surface area contributed by atoms with Crippen molar-refractivity contribution in [2.45, 2.75) is 32.8 Å². The molecule has 0 saturated carbocycles. The van der Waals surface area contributed by atoms with Crippen LogP contribution in [0.1, 0.15) is 24.4 Å². The van der Waals surface area contributed by atoms with E-state index in [0.717, 1.165) is 22.7 Å². The third kappa shape index (κ3) is 3.21. The van der Waals surface area contributed by atoms with Gasteiger partial charge in [0.25, 0.3) is 5.91 Å². The van der Waals surface area contributed by atoms with Gasteiger partial charge in [-0.05, 0) is 17.5 Å². The summed E-state index contributed by atoms with van der Waals surface area (Å²) in [6.45, 7) is 4.26. The Labute approximate surface area is 127 Å². The van der Waals surface area contributed by atoms with Gasteiger partial charge >= 0.3 is 0 Å². The standard InChI is InChI=1S/C15H17N3O2S/c1-9(2)7-13-17-18-15(21-13)16-14(19)12-8-10-5-3-4-6-11(10)20-12/h3-6,9,12H,7-8H2,1-2H3,(H,16,18,19)/t12-/m1/s1. The third-order valence-corrected chi connectivity index (χ3v) is 4.08. The maximum absolute atomic E-state index is 12.2. The molecule has 3 rings (SSSR count). The summed E-state index contributed by atoms with van der Waals surface area (Å²) in [5, 5.41) is 12.4. The van der Waals surface area contributed by atoms with Crippen LogP contribution in [0.25, 0.3) is 0 Å². The molecule has 0 fully saturated rings. The molecular formula is C15H17N3O2S. The highest BCUT2D eigenvalue weighted by Gasteiger charge is 2.29. The number of amides is 1. The summed E-state index contributed by atoms with van der Waals surface area (Å²) in [6.07, 6.45) is 0.985. The van der Waals surface area contributed by atoms with Crippen molar-refractivity contribution >= 4 is 22.4 Å². The minimum Gasteiger partial charge on any atom is -0.480 e. The normalized spacial score (nSPS) is 16.6. The molecule has 1 atom stereocenters. The smallest absolute Gasteiger partial charge is 0.267 e. The largest absolute Gasteiger partial charge is 0.480 e. The molecule has 110 valence electrons. The minimum absolute atomic E-state index is 0.168. The van der Waals surface area contributed by atoms with Gasteiger partial charge in [-0.2, -0.15) is 0 Å². The maximum atomic E-state index is 12.2. The Kier molecular flexibility index (Phi) is 3.88. The van der Waals surface area contributed by atoms with E-state index in [-0.39, 0.29) is 5.91 Å². The van der Waals surface area contributed by atoms with E-state index in [1.54, 1.807) is 0 Å². The number of aromatic nitrogens is 2. The average Bonchev–Trinajstić information content (AvgIpc) is 3.04. The number of benzene rings is 1. The molecule has 0 saturated heterocycles. The number of fused-ring (bicyclic) bond motifs is 1. The molecule has 0 unspecified atom stereocenters. The van der Waals surface area contributed by atoms with Gasteiger partial charge in [0.1, 0.15) is 10.8 Å². The quantitative estimate of drug-likeness (QED) is 0.943. The van der Waals surface area contributed by atoms with Crippen molar-refractivity contribution in [2.24, 2.45) is 5.92 Å². The van der Waals surface area contributed by atoms with Crippen LogP contribution in [0.15, 0.2) is 24.3 Å². The lowest BCUT2D eigenvalue weighted by Crippen LogP contribution is -2.31. The van der Waals surface area contributed by atoms with Gasteiger partial charge in [-0.15, -0.1) is 10.2 Å². The molecule has 0 spiro atoms. The van der Waals surface area contributed by atoms with Crippen molar-refractivity contribution in [3.8, 4) is 5.75 Å². The van der Waals surface area contributed by atoms with E-state index in [4.69, 9.17) is 4.74 Å². The summed E-state index contributed by atoms with van der Waals surface area (Å²) >= 11 is 1.42. The Hall–Kier alpha value is -1.95. The molecule has 0 aliphatic carbocycles. The third-order valence-electron chi connectivity index (χ3n) is 3.22. The maximum Gasteiger partial charge on any atom is 0.267 e. The van der Waals surface area contributed by atoms with Crippen LogP contribution in [-0.2, 0) is 17.6 Å². The molecule has 0 radical (unpaired) electrons. The van der Waals surface area contributed by atoms with Gasteiger partial charge in [-0.25, -0.2) is 0 Å². The van der Waals surface area contributed by atoms with E-state index < -0.39 is 6.10 Å². The van der Waals surface area contributed by atoms with Gasteiger partial charge in [0, 0.05) is 12.8 Å².